The number of aryl methyl sites for hydroxylation is 1. The lowest BCUT2D eigenvalue weighted by Crippen LogP contribution is -2.68. The van der Waals surface area contributed by atoms with E-state index in [-0.39, 0.29) is 22.3 Å². The first-order valence-electron chi connectivity index (χ1n) is 8.16. The molecule has 10 nitrogen and oxygen atoms in total. The lowest BCUT2D eigenvalue weighted by molar-refractivity contribution is -0.147. The van der Waals surface area contributed by atoms with Crippen molar-refractivity contribution in [3.05, 3.63) is 34.8 Å². The topological polar surface area (TPSA) is 151 Å². The van der Waals surface area contributed by atoms with Gasteiger partial charge in [-0.15, -0.1) is 23.5 Å². The van der Waals surface area contributed by atoms with Gasteiger partial charge in [0, 0.05) is 17.2 Å². The van der Waals surface area contributed by atoms with E-state index in [1.807, 2.05) is 0 Å². The van der Waals surface area contributed by atoms with Gasteiger partial charge in [0.2, 0.25) is 5.91 Å². The number of carboxylic acid groups (broad SMARTS) is 2. The molecule has 4 rings (SSSR count). The van der Waals surface area contributed by atoms with Gasteiger partial charge in [0.15, 0.2) is 5.65 Å². The van der Waals surface area contributed by atoms with Crippen molar-refractivity contribution in [2.75, 3.05) is 11.5 Å². The minimum Gasteiger partial charge on any atom is -0.477 e. The molecule has 0 bridgehead atoms. The van der Waals surface area contributed by atoms with Crippen molar-refractivity contribution < 1.29 is 24.6 Å². The van der Waals surface area contributed by atoms with Gasteiger partial charge in [0.05, 0.1) is 6.20 Å². The second-order valence-electron chi connectivity index (χ2n) is 6.32. The number of hydrogen-bond acceptors (Lipinski definition) is 8. The lowest BCUT2D eigenvalue weighted by Gasteiger charge is -2.48. The van der Waals surface area contributed by atoms with Crippen LogP contribution in [0.5, 0.6) is 0 Å². The van der Waals surface area contributed by atoms with Gasteiger partial charge in [-0.2, -0.15) is 5.10 Å². The SMILES string of the molecule is Cc1cc(SCC2=C(C(=O)O)N3C(=O)C(N)[C@H]3SC2)n2ncc(C(=O)O)c2n1. The molecular weight excluding hydrogens is 406 g/mol. The van der Waals surface area contributed by atoms with Crippen LogP contribution in [0.3, 0.4) is 0 Å². The molecule has 2 atom stereocenters. The van der Waals surface area contributed by atoms with Crippen LogP contribution in [0.2, 0.25) is 0 Å². The van der Waals surface area contributed by atoms with Gasteiger partial charge in [0.25, 0.3) is 0 Å². The summed E-state index contributed by atoms with van der Waals surface area (Å²) >= 11 is 2.75. The largest absolute Gasteiger partial charge is 0.477 e. The molecule has 2 aromatic rings. The van der Waals surface area contributed by atoms with Gasteiger partial charge in [-0.25, -0.2) is 19.1 Å². The second-order valence-corrected chi connectivity index (χ2v) is 8.42. The molecule has 1 fully saturated rings. The minimum absolute atomic E-state index is 0.00721. The molecule has 0 aromatic carbocycles. The van der Waals surface area contributed by atoms with E-state index in [1.54, 1.807) is 13.0 Å². The molecule has 1 unspecified atom stereocenters. The Labute approximate surface area is 166 Å². The van der Waals surface area contributed by atoms with Crippen molar-refractivity contribution in [1.82, 2.24) is 19.5 Å². The number of carbonyl (C=O) groups excluding carboxylic acids is 1. The number of aliphatic carboxylic acids is 1. The predicted octanol–water partition coefficient (Wildman–Crippen LogP) is 0.409. The summed E-state index contributed by atoms with van der Waals surface area (Å²) in [5, 5.41) is 23.3. The molecule has 28 heavy (non-hydrogen) atoms. The number of β-lactam (4-membered cyclic amide) rings is 1. The van der Waals surface area contributed by atoms with Crippen molar-refractivity contribution in [1.29, 1.82) is 0 Å². The van der Waals surface area contributed by atoms with Gasteiger partial charge in [0.1, 0.15) is 27.7 Å². The molecule has 2 aromatic heterocycles. The molecule has 1 amide bonds. The van der Waals surface area contributed by atoms with Crippen LogP contribution in [-0.4, -0.2) is 70.5 Å². The zero-order chi connectivity index (χ0) is 20.2. The highest BCUT2D eigenvalue weighted by atomic mass is 32.2. The van der Waals surface area contributed by atoms with Gasteiger partial charge in [-0.3, -0.25) is 9.69 Å². The zero-order valence-electron chi connectivity index (χ0n) is 14.5. The number of carboxylic acids is 2. The van der Waals surface area contributed by atoms with Crippen molar-refractivity contribution >= 4 is 47.0 Å². The molecule has 2 aliphatic rings. The standard InChI is InChI=1S/C16H15N5O5S2/c1-6-2-9(21-12(19-6)8(3-18-21)15(23)24)27-4-7-5-28-14-10(17)13(22)20(14)11(7)16(25)26/h2-3,10,14H,4-5,17H2,1H3,(H,23,24)(H,25,26)/t10?,14-/m1/s1. The fraction of sp³-hybridized carbons (Fsp3) is 0.312. The monoisotopic (exact) mass is 421 g/mol. The number of carbonyl (C=O) groups is 3. The Morgan fingerprint density at radius 3 is 2.82 bits per heavy atom. The van der Waals surface area contributed by atoms with E-state index in [4.69, 9.17) is 5.73 Å². The third-order valence-electron chi connectivity index (χ3n) is 4.48. The quantitative estimate of drug-likeness (QED) is 0.352. The van der Waals surface area contributed by atoms with E-state index in [2.05, 4.69) is 10.1 Å². The van der Waals surface area contributed by atoms with Gasteiger partial charge in [-0.05, 0) is 18.6 Å². The van der Waals surface area contributed by atoms with E-state index in [0.29, 0.717) is 27.8 Å². The number of rotatable bonds is 5. The van der Waals surface area contributed by atoms with Crippen LogP contribution in [0, 0.1) is 6.92 Å². The summed E-state index contributed by atoms with van der Waals surface area (Å²) in [6.45, 7) is 1.74. The van der Waals surface area contributed by atoms with Crippen LogP contribution < -0.4 is 5.73 Å². The third-order valence-corrected chi connectivity index (χ3v) is 6.92. The number of aromatic nitrogens is 3. The number of amides is 1. The molecule has 146 valence electrons. The zero-order valence-corrected chi connectivity index (χ0v) is 16.2. The Balaban J connectivity index is 1.66. The minimum atomic E-state index is -1.16. The highest BCUT2D eigenvalue weighted by molar-refractivity contribution is 8.01. The number of nitrogens with zero attached hydrogens (tertiary/aromatic N) is 4. The number of aromatic carboxylic acids is 1. The Morgan fingerprint density at radius 1 is 1.39 bits per heavy atom. The van der Waals surface area contributed by atoms with E-state index >= 15 is 0 Å². The molecule has 4 N–H and O–H groups in total. The summed E-state index contributed by atoms with van der Waals surface area (Å²) in [4.78, 5) is 40.6. The maximum Gasteiger partial charge on any atom is 0.352 e. The summed E-state index contributed by atoms with van der Waals surface area (Å²) in [6, 6.07) is 1.08. The van der Waals surface area contributed by atoms with E-state index in [1.165, 1.54) is 39.1 Å². The normalized spacial score (nSPS) is 21.6. The third kappa shape index (κ3) is 2.84. The first-order valence-corrected chi connectivity index (χ1v) is 10.2. The predicted molar refractivity (Wildman–Crippen MR) is 101 cm³/mol. The van der Waals surface area contributed by atoms with Crippen molar-refractivity contribution in [3.63, 3.8) is 0 Å². The maximum atomic E-state index is 12.0. The maximum absolute atomic E-state index is 12.0. The van der Waals surface area contributed by atoms with E-state index < -0.39 is 23.9 Å². The summed E-state index contributed by atoms with van der Waals surface area (Å²) in [5.41, 5.74) is 7.18. The average molecular weight is 421 g/mol. The van der Waals surface area contributed by atoms with Gasteiger partial charge < -0.3 is 15.9 Å². The molecule has 1 saturated heterocycles. The lowest BCUT2D eigenvalue weighted by atomic mass is 10.0. The molecule has 12 heteroatoms. The Bertz CT molecular complexity index is 1070. The molecular formula is C16H15N5O5S2. The highest BCUT2D eigenvalue weighted by Crippen LogP contribution is 2.40. The summed E-state index contributed by atoms with van der Waals surface area (Å²) < 4.78 is 1.42. The van der Waals surface area contributed by atoms with Crippen LogP contribution in [0.4, 0.5) is 0 Å². The van der Waals surface area contributed by atoms with Crippen LogP contribution in [0.1, 0.15) is 16.1 Å². The molecule has 2 aliphatic heterocycles. The number of fused-ring (bicyclic) bond motifs is 2. The molecule has 4 heterocycles. The molecule has 0 spiro atoms. The van der Waals surface area contributed by atoms with Gasteiger partial charge in [-0.1, -0.05) is 0 Å². The first-order chi connectivity index (χ1) is 13.3. The highest BCUT2D eigenvalue weighted by Gasteiger charge is 2.51. The van der Waals surface area contributed by atoms with Crippen LogP contribution in [0.25, 0.3) is 5.65 Å². The fourth-order valence-corrected chi connectivity index (χ4v) is 5.65. The van der Waals surface area contributed by atoms with Crippen molar-refractivity contribution in [2.45, 2.75) is 23.4 Å². The number of thioether (sulfide) groups is 2. The Hall–Kier alpha value is -2.57. The Morgan fingerprint density at radius 2 is 2.14 bits per heavy atom. The van der Waals surface area contributed by atoms with Crippen LogP contribution in [-0.2, 0) is 9.59 Å². The smallest absolute Gasteiger partial charge is 0.352 e. The van der Waals surface area contributed by atoms with E-state index in [0.717, 1.165) is 0 Å². The molecule has 0 saturated carbocycles. The Kier molecular flexibility index (Phi) is 4.56. The summed E-state index contributed by atoms with van der Waals surface area (Å²) in [7, 11) is 0. The first kappa shape index (κ1) is 18.8. The number of hydrogen-bond donors (Lipinski definition) is 3. The molecule has 0 radical (unpaired) electrons. The van der Waals surface area contributed by atoms with E-state index in [9.17, 15) is 24.6 Å². The van der Waals surface area contributed by atoms with Gasteiger partial charge >= 0.3 is 11.9 Å². The van der Waals surface area contributed by atoms with Crippen molar-refractivity contribution in [3.8, 4) is 0 Å². The van der Waals surface area contributed by atoms with Crippen LogP contribution in [0.15, 0.2) is 28.6 Å². The number of nitrogens with two attached hydrogens (primary N) is 1. The van der Waals surface area contributed by atoms with Crippen LogP contribution >= 0.6 is 23.5 Å². The average Bonchev–Trinajstić information content (AvgIpc) is 3.08. The fourth-order valence-electron chi connectivity index (χ4n) is 3.16. The van der Waals surface area contributed by atoms with Crippen molar-refractivity contribution in [2.24, 2.45) is 5.73 Å². The molecule has 0 aliphatic carbocycles. The summed E-state index contributed by atoms with van der Waals surface area (Å²) in [6.07, 6.45) is 1.23. The second kappa shape index (κ2) is 6.79. The summed E-state index contributed by atoms with van der Waals surface area (Å²) in [5.74, 6) is -1.92.